The summed E-state index contributed by atoms with van der Waals surface area (Å²) >= 11 is 0. The van der Waals surface area contributed by atoms with Gasteiger partial charge in [-0.25, -0.2) is 8.78 Å². The van der Waals surface area contributed by atoms with Gasteiger partial charge in [-0.15, -0.1) is 0 Å². The number of aromatic nitrogens is 2. The highest BCUT2D eigenvalue weighted by atomic mass is 19.3. The van der Waals surface area contributed by atoms with Crippen molar-refractivity contribution < 1.29 is 13.3 Å². The molecule has 2 aromatic rings. The molecule has 1 heterocycles. The van der Waals surface area contributed by atoms with Crippen molar-refractivity contribution in [1.29, 1.82) is 0 Å². The molecular formula is C16H19F2N3O. The van der Waals surface area contributed by atoms with Gasteiger partial charge in [0.2, 0.25) is 11.7 Å². The number of aryl methyl sites for hydroxylation is 1. The summed E-state index contributed by atoms with van der Waals surface area (Å²) in [4.78, 5) is 6.23. The summed E-state index contributed by atoms with van der Waals surface area (Å²) in [6.07, 6.45) is 1.16. The van der Waals surface area contributed by atoms with E-state index in [2.05, 4.69) is 10.1 Å². The summed E-state index contributed by atoms with van der Waals surface area (Å²) in [5, 5.41) is 3.96. The molecule has 1 aromatic carbocycles. The molecule has 4 nitrogen and oxygen atoms in total. The minimum atomic E-state index is -2.27. The van der Waals surface area contributed by atoms with Crippen LogP contribution in [0.3, 0.4) is 0 Å². The average molecular weight is 307 g/mol. The third kappa shape index (κ3) is 4.10. The van der Waals surface area contributed by atoms with Crippen LogP contribution in [0.15, 0.2) is 34.9 Å². The van der Waals surface area contributed by atoms with Crippen LogP contribution in [0.4, 0.5) is 8.78 Å². The monoisotopic (exact) mass is 307 g/mol. The van der Waals surface area contributed by atoms with E-state index in [1.54, 1.807) is 0 Å². The third-order valence-electron chi connectivity index (χ3n) is 3.77. The van der Waals surface area contributed by atoms with Gasteiger partial charge >= 0.3 is 0 Å². The molecule has 3 rings (SSSR count). The molecule has 0 N–H and O–H groups in total. The molecule has 0 unspecified atom stereocenters. The highest BCUT2D eigenvalue weighted by molar-refractivity contribution is 5.53. The van der Waals surface area contributed by atoms with Gasteiger partial charge in [0.1, 0.15) is 0 Å². The maximum Gasteiger partial charge on any atom is 0.251 e. The predicted octanol–water partition coefficient (Wildman–Crippen LogP) is 3.40. The molecule has 0 amide bonds. The number of benzene rings is 1. The molecule has 0 aliphatic heterocycles. The molecule has 1 aliphatic carbocycles. The topological polar surface area (TPSA) is 42.2 Å². The van der Waals surface area contributed by atoms with Crippen LogP contribution in [0, 0.1) is 0 Å². The van der Waals surface area contributed by atoms with E-state index in [1.165, 1.54) is 0 Å². The fourth-order valence-electron chi connectivity index (χ4n) is 2.53. The van der Waals surface area contributed by atoms with Gasteiger partial charge in [-0.2, -0.15) is 4.98 Å². The van der Waals surface area contributed by atoms with Gasteiger partial charge in [0, 0.05) is 18.0 Å². The molecule has 0 saturated heterocycles. The zero-order valence-corrected chi connectivity index (χ0v) is 12.3. The molecular weight excluding hydrogens is 288 g/mol. The van der Waals surface area contributed by atoms with Gasteiger partial charge < -0.3 is 4.52 Å². The van der Waals surface area contributed by atoms with Crippen LogP contribution in [0.2, 0.25) is 0 Å². The Morgan fingerprint density at radius 2 is 2.00 bits per heavy atom. The Morgan fingerprint density at radius 1 is 1.23 bits per heavy atom. The first-order chi connectivity index (χ1) is 10.7. The third-order valence-corrected chi connectivity index (χ3v) is 3.77. The SMILES string of the molecule is FC(F)CN(CCCc1nc(-c2ccccc2)no1)C1CC1. The Balaban J connectivity index is 1.50. The normalized spacial score (nSPS) is 14.9. The van der Waals surface area contributed by atoms with Crippen LogP contribution in [-0.4, -0.2) is 40.6 Å². The van der Waals surface area contributed by atoms with E-state index in [4.69, 9.17) is 4.52 Å². The van der Waals surface area contributed by atoms with E-state index in [1.807, 2.05) is 35.2 Å². The van der Waals surface area contributed by atoms with E-state index < -0.39 is 6.43 Å². The highest BCUT2D eigenvalue weighted by Gasteiger charge is 2.30. The van der Waals surface area contributed by atoms with Gasteiger partial charge in [-0.1, -0.05) is 35.5 Å². The van der Waals surface area contributed by atoms with E-state index >= 15 is 0 Å². The fraction of sp³-hybridized carbons (Fsp3) is 0.500. The second-order valence-electron chi connectivity index (χ2n) is 5.60. The van der Waals surface area contributed by atoms with Crippen LogP contribution in [0.1, 0.15) is 25.2 Å². The Bertz CT molecular complexity index is 584. The molecule has 0 spiro atoms. The second-order valence-corrected chi connectivity index (χ2v) is 5.60. The Labute approximate surface area is 128 Å². The zero-order valence-electron chi connectivity index (χ0n) is 12.3. The van der Waals surface area contributed by atoms with Crippen molar-refractivity contribution >= 4 is 0 Å². The summed E-state index contributed by atoms with van der Waals surface area (Å²) in [5.41, 5.74) is 0.912. The van der Waals surface area contributed by atoms with Crippen molar-refractivity contribution in [2.45, 2.75) is 38.2 Å². The minimum absolute atomic E-state index is 0.135. The lowest BCUT2D eigenvalue weighted by atomic mass is 10.2. The number of rotatable bonds is 8. The van der Waals surface area contributed by atoms with Crippen molar-refractivity contribution in [3.8, 4) is 11.4 Å². The summed E-state index contributed by atoms with van der Waals surface area (Å²) in [6.45, 7) is 0.516. The maximum absolute atomic E-state index is 12.5. The first kappa shape index (κ1) is 15.1. The minimum Gasteiger partial charge on any atom is -0.339 e. The molecule has 1 aliphatic rings. The molecule has 22 heavy (non-hydrogen) atoms. The van der Waals surface area contributed by atoms with Gasteiger partial charge in [-0.05, 0) is 25.8 Å². The van der Waals surface area contributed by atoms with Gasteiger partial charge in [0.15, 0.2) is 0 Å². The van der Waals surface area contributed by atoms with Crippen molar-refractivity contribution in [3.05, 3.63) is 36.2 Å². The number of hydrogen-bond donors (Lipinski definition) is 0. The van der Waals surface area contributed by atoms with Crippen LogP contribution in [0.5, 0.6) is 0 Å². The molecule has 1 fully saturated rings. The molecule has 0 bridgehead atoms. The number of nitrogens with zero attached hydrogens (tertiary/aromatic N) is 3. The fourth-order valence-corrected chi connectivity index (χ4v) is 2.53. The summed E-state index contributed by atoms with van der Waals surface area (Å²) in [5.74, 6) is 1.13. The molecule has 6 heteroatoms. The largest absolute Gasteiger partial charge is 0.339 e. The van der Waals surface area contributed by atoms with Crippen molar-refractivity contribution in [1.82, 2.24) is 15.0 Å². The van der Waals surface area contributed by atoms with E-state index in [0.29, 0.717) is 30.7 Å². The molecule has 0 radical (unpaired) electrons. The summed E-state index contributed by atoms with van der Waals surface area (Å²) in [6, 6.07) is 9.96. The van der Waals surface area contributed by atoms with Crippen molar-refractivity contribution in [2.24, 2.45) is 0 Å². The second kappa shape index (κ2) is 6.96. The van der Waals surface area contributed by atoms with Crippen molar-refractivity contribution in [3.63, 3.8) is 0 Å². The van der Waals surface area contributed by atoms with E-state index in [0.717, 1.165) is 24.8 Å². The highest BCUT2D eigenvalue weighted by Crippen LogP contribution is 2.27. The lowest BCUT2D eigenvalue weighted by molar-refractivity contribution is 0.0834. The van der Waals surface area contributed by atoms with Gasteiger partial charge in [0.25, 0.3) is 6.43 Å². The maximum atomic E-state index is 12.5. The predicted molar refractivity (Wildman–Crippen MR) is 78.7 cm³/mol. The average Bonchev–Trinajstić information content (AvgIpc) is 3.26. The molecule has 1 saturated carbocycles. The standard InChI is InChI=1S/C16H19F2N3O/c17-14(18)11-21(13-8-9-13)10-4-7-15-19-16(20-22-15)12-5-2-1-3-6-12/h1-3,5-6,13-14H,4,7-11H2. The lowest BCUT2D eigenvalue weighted by Gasteiger charge is -2.20. The summed E-state index contributed by atoms with van der Waals surface area (Å²) < 4.78 is 30.3. The Morgan fingerprint density at radius 3 is 2.68 bits per heavy atom. The molecule has 0 atom stereocenters. The quantitative estimate of drug-likeness (QED) is 0.749. The smallest absolute Gasteiger partial charge is 0.251 e. The van der Waals surface area contributed by atoms with E-state index in [9.17, 15) is 8.78 Å². The first-order valence-electron chi connectivity index (χ1n) is 7.62. The van der Waals surface area contributed by atoms with Crippen LogP contribution in [0.25, 0.3) is 11.4 Å². The van der Waals surface area contributed by atoms with Gasteiger partial charge in [-0.3, -0.25) is 4.90 Å². The van der Waals surface area contributed by atoms with Gasteiger partial charge in [0.05, 0.1) is 6.54 Å². The Kier molecular flexibility index (Phi) is 4.77. The first-order valence-corrected chi connectivity index (χ1v) is 7.62. The van der Waals surface area contributed by atoms with Crippen molar-refractivity contribution in [2.75, 3.05) is 13.1 Å². The van der Waals surface area contributed by atoms with E-state index in [-0.39, 0.29) is 6.54 Å². The van der Waals surface area contributed by atoms with Crippen LogP contribution in [-0.2, 0) is 6.42 Å². The van der Waals surface area contributed by atoms with Crippen LogP contribution < -0.4 is 0 Å². The Hall–Kier alpha value is -1.82. The lowest BCUT2D eigenvalue weighted by Crippen LogP contribution is -2.32. The summed E-state index contributed by atoms with van der Waals surface area (Å²) in [7, 11) is 0. The molecule has 1 aromatic heterocycles. The zero-order chi connectivity index (χ0) is 15.4. The number of halogens is 2. The number of hydrogen-bond acceptors (Lipinski definition) is 4. The molecule has 118 valence electrons. The number of alkyl halides is 2. The van der Waals surface area contributed by atoms with Crippen LogP contribution >= 0.6 is 0 Å².